The van der Waals surface area contributed by atoms with Gasteiger partial charge in [-0.3, -0.25) is 0 Å². The maximum atomic E-state index is 12.0. The Morgan fingerprint density at radius 1 is 1.32 bits per heavy atom. The van der Waals surface area contributed by atoms with Crippen LogP contribution in [0.25, 0.3) is 0 Å². The Bertz CT molecular complexity index is 453. The van der Waals surface area contributed by atoms with Gasteiger partial charge in [-0.05, 0) is 31.5 Å². The lowest BCUT2D eigenvalue weighted by molar-refractivity contribution is 0.157. The second-order valence-electron chi connectivity index (χ2n) is 4.36. The van der Waals surface area contributed by atoms with Crippen molar-refractivity contribution < 1.29 is 13.5 Å². The van der Waals surface area contributed by atoms with E-state index in [1.165, 1.54) is 0 Å². The first-order valence-electron chi connectivity index (χ1n) is 6.79. The van der Waals surface area contributed by atoms with Gasteiger partial charge in [0.05, 0.1) is 16.8 Å². The minimum atomic E-state index is -3.39. The van der Waals surface area contributed by atoms with E-state index in [0.29, 0.717) is 0 Å². The Kier molecular flexibility index (Phi) is 6.48. The molecule has 0 radical (unpaired) electrons. The molecule has 2 N–H and O–H groups in total. The fraction of sp³-hybridized carbons (Fsp3) is 0.571. The van der Waals surface area contributed by atoms with Gasteiger partial charge in [-0.25, -0.2) is 8.42 Å². The van der Waals surface area contributed by atoms with Gasteiger partial charge in [0, 0.05) is 6.04 Å². The topological polar surface area (TPSA) is 66.4 Å². The number of benzene rings is 1. The highest BCUT2D eigenvalue weighted by Gasteiger charge is 2.28. The van der Waals surface area contributed by atoms with Crippen molar-refractivity contribution >= 4 is 9.84 Å². The van der Waals surface area contributed by atoms with E-state index in [1.54, 1.807) is 30.3 Å². The number of aliphatic hydroxyl groups excluding tert-OH is 1. The lowest BCUT2D eigenvalue weighted by Gasteiger charge is -2.18. The van der Waals surface area contributed by atoms with Crippen molar-refractivity contribution in [3.63, 3.8) is 0 Å². The lowest BCUT2D eigenvalue weighted by Crippen LogP contribution is -2.39. The maximum absolute atomic E-state index is 12.0. The second kappa shape index (κ2) is 7.62. The van der Waals surface area contributed by atoms with Crippen LogP contribution in [0.4, 0.5) is 0 Å². The highest BCUT2D eigenvalue weighted by molar-refractivity contribution is 7.91. The molecule has 1 fully saturated rings. The molecule has 1 aliphatic heterocycles. The van der Waals surface area contributed by atoms with Crippen molar-refractivity contribution in [3.8, 4) is 0 Å². The summed E-state index contributed by atoms with van der Waals surface area (Å²) in [6.07, 6.45) is 1.00. The van der Waals surface area contributed by atoms with Gasteiger partial charge in [-0.15, -0.1) is 0 Å². The molecule has 0 amide bonds. The molecule has 1 aromatic rings. The Balaban J connectivity index is 0.000000861. The second-order valence-corrected chi connectivity index (χ2v) is 6.40. The summed E-state index contributed by atoms with van der Waals surface area (Å²) < 4.78 is 24.0. The molecular weight excluding hydrogens is 262 g/mol. The first kappa shape index (κ1) is 16.1. The maximum Gasteiger partial charge on any atom is 0.180 e. The number of hydrogen-bond acceptors (Lipinski definition) is 4. The van der Waals surface area contributed by atoms with Gasteiger partial charge in [0.2, 0.25) is 0 Å². The molecule has 2 atom stereocenters. The highest BCUT2D eigenvalue weighted by Crippen LogP contribution is 2.16. The standard InChI is InChI=1S/C12H17NO3S.C2H6/c14-12(11-7-4-8-13-11)9-17(15,16)10-5-2-1-3-6-10;1-2/h1-3,5-6,11-14H,4,7-9H2;1-2H3/t11-,12+;/m0./s1. The van der Waals surface area contributed by atoms with Crippen LogP contribution in [-0.4, -0.2) is 38.0 Å². The van der Waals surface area contributed by atoms with Crippen molar-refractivity contribution in [3.05, 3.63) is 30.3 Å². The van der Waals surface area contributed by atoms with Crippen LogP contribution in [0.1, 0.15) is 26.7 Å². The van der Waals surface area contributed by atoms with E-state index in [1.807, 2.05) is 13.8 Å². The minimum absolute atomic E-state index is 0.0894. The fourth-order valence-corrected chi connectivity index (χ4v) is 3.55. The molecule has 19 heavy (non-hydrogen) atoms. The SMILES string of the molecule is CC.O=S(=O)(C[C@@H](O)[C@@H]1CCCN1)c1ccccc1. The molecule has 5 heteroatoms. The van der Waals surface area contributed by atoms with E-state index in [-0.39, 0.29) is 16.7 Å². The third-order valence-corrected chi connectivity index (χ3v) is 4.83. The van der Waals surface area contributed by atoms with Gasteiger partial charge < -0.3 is 10.4 Å². The molecule has 108 valence electrons. The molecule has 1 saturated heterocycles. The van der Waals surface area contributed by atoms with Crippen LogP contribution in [0.5, 0.6) is 0 Å². The highest BCUT2D eigenvalue weighted by atomic mass is 32.2. The van der Waals surface area contributed by atoms with Crippen LogP contribution in [0.3, 0.4) is 0 Å². The number of rotatable bonds is 4. The van der Waals surface area contributed by atoms with Crippen LogP contribution >= 0.6 is 0 Å². The van der Waals surface area contributed by atoms with Crippen molar-refractivity contribution in [1.82, 2.24) is 5.32 Å². The largest absolute Gasteiger partial charge is 0.390 e. The monoisotopic (exact) mass is 285 g/mol. The molecule has 0 spiro atoms. The number of aliphatic hydroxyl groups is 1. The molecular formula is C14H23NO3S. The van der Waals surface area contributed by atoms with Crippen LogP contribution in [0, 0.1) is 0 Å². The molecule has 1 aromatic carbocycles. The third kappa shape index (κ3) is 4.60. The van der Waals surface area contributed by atoms with Gasteiger partial charge in [-0.1, -0.05) is 32.0 Å². The smallest absolute Gasteiger partial charge is 0.180 e. The van der Waals surface area contributed by atoms with Gasteiger partial charge in [-0.2, -0.15) is 0 Å². The fourth-order valence-electron chi connectivity index (χ4n) is 2.10. The quantitative estimate of drug-likeness (QED) is 0.882. The van der Waals surface area contributed by atoms with E-state index in [9.17, 15) is 13.5 Å². The molecule has 4 nitrogen and oxygen atoms in total. The molecule has 0 aromatic heterocycles. The molecule has 0 unspecified atom stereocenters. The van der Waals surface area contributed by atoms with E-state index >= 15 is 0 Å². The van der Waals surface area contributed by atoms with Crippen LogP contribution in [0.2, 0.25) is 0 Å². The normalized spacial score (nSPS) is 20.5. The van der Waals surface area contributed by atoms with Gasteiger partial charge >= 0.3 is 0 Å². The van der Waals surface area contributed by atoms with Crippen LogP contribution < -0.4 is 5.32 Å². The summed E-state index contributed by atoms with van der Waals surface area (Å²) in [5, 5.41) is 13.0. The van der Waals surface area contributed by atoms with Crippen molar-refractivity contribution in [2.45, 2.75) is 43.7 Å². The van der Waals surface area contributed by atoms with E-state index in [0.717, 1.165) is 19.4 Å². The van der Waals surface area contributed by atoms with Crippen molar-refractivity contribution in [2.75, 3.05) is 12.3 Å². The van der Waals surface area contributed by atoms with Crippen LogP contribution in [-0.2, 0) is 9.84 Å². The van der Waals surface area contributed by atoms with Gasteiger partial charge in [0.15, 0.2) is 9.84 Å². The zero-order valence-corrected chi connectivity index (χ0v) is 12.4. The Morgan fingerprint density at radius 2 is 1.95 bits per heavy atom. The summed E-state index contributed by atoms with van der Waals surface area (Å²) in [6, 6.07) is 8.18. The summed E-state index contributed by atoms with van der Waals surface area (Å²) in [5.74, 6) is -0.214. The Labute approximate surface area is 115 Å². The van der Waals surface area contributed by atoms with E-state index < -0.39 is 15.9 Å². The Hall–Kier alpha value is -0.910. The number of hydrogen-bond donors (Lipinski definition) is 2. The molecule has 0 bridgehead atoms. The predicted molar refractivity (Wildman–Crippen MR) is 76.9 cm³/mol. The minimum Gasteiger partial charge on any atom is -0.390 e. The van der Waals surface area contributed by atoms with Crippen LogP contribution in [0.15, 0.2) is 35.2 Å². The Morgan fingerprint density at radius 3 is 2.47 bits per heavy atom. The molecule has 2 rings (SSSR count). The first-order valence-corrected chi connectivity index (χ1v) is 8.44. The number of sulfone groups is 1. The van der Waals surface area contributed by atoms with E-state index in [2.05, 4.69) is 5.32 Å². The summed E-state index contributed by atoms with van der Waals surface area (Å²) >= 11 is 0. The van der Waals surface area contributed by atoms with Gasteiger partial charge in [0.1, 0.15) is 0 Å². The molecule has 1 heterocycles. The number of nitrogens with one attached hydrogen (secondary N) is 1. The van der Waals surface area contributed by atoms with Crippen molar-refractivity contribution in [1.29, 1.82) is 0 Å². The average molecular weight is 285 g/mol. The zero-order chi connectivity index (χ0) is 14.3. The summed E-state index contributed by atoms with van der Waals surface area (Å²) in [7, 11) is -3.39. The van der Waals surface area contributed by atoms with E-state index in [4.69, 9.17) is 0 Å². The molecule has 1 aliphatic rings. The zero-order valence-electron chi connectivity index (χ0n) is 11.5. The van der Waals surface area contributed by atoms with Gasteiger partial charge in [0.25, 0.3) is 0 Å². The summed E-state index contributed by atoms with van der Waals surface area (Å²) in [6.45, 7) is 4.85. The predicted octanol–water partition coefficient (Wildman–Crippen LogP) is 1.60. The van der Waals surface area contributed by atoms with Crippen molar-refractivity contribution in [2.24, 2.45) is 0 Å². The molecule has 0 aliphatic carbocycles. The lowest BCUT2D eigenvalue weighted by atomic mass is 10.1. The summed E-state index contributed by atoms with van der Waals surface area (Å²) in [5.41, 5.74) is 0. The summed E-state index contributed by atoms with van der Waals surface area (Å²) in [4.78, 5) is 0.275. The average Bonchev–Trinajstić information content (AvgIpc) is 2.96. The third-order valence-electron chi connectivity index (χ3n) is 3.06. The first-order chi connectivity index (χ1) is 9.09. The molecule has 0 saturated carbocycles.